The summed E-state index contributed by atoms with van der Waals surface area (Å²) in [5.74, 6) is -0.408. The fraction of sp³-hybridized carbons (Fsp3) is 0.333. The summed E-state index contributed by atoms with van der Waals surface area (Å²) in [7, 11) is 0. The van der Waals surface area contributed by atoms with Crippen LogP contribution in [0.15, 0.2) is 42.7 Å². The number of carbonyl (C=O) groups excluding carboxylic acids is 1. The van der Waals surface area contributed by atoms with Crippen LogP contribution < -0.4 is 5.32 Å². The zero-order chi connectivity index (χ0) is 15.0. The second-order valence-electron chi connectivity index (χ2n) is 5.29. The third-order valence-corrected chi connectivity index (χ3v) is 4.48. The molecule has 1 aliphatic carbocycles. The lowest BCUT2D eigenvalue weighted by molar-refractivity contribution is -0.123. The molecule has 110 valence electrons. The number of hydrogen-bond acceptors (Lipinski definition) is 2. The van der Waals surface area contributed by atoms with Crippen LogP contribution in [0.2, 0.25) is 0 Å². The van der Waals surface area contributed by atoms with Crippen LogP contribution in [-0.4, -0.2) is 20.0 Å². The van der Waals surface area contributed by atoms with E-state index in [4.69, 9.17) is 23.2 Å². The average molecular weight is 324 g/mol. The zero-order valence-corrected chi connectivity index (χ0v) is 13.0. The van der Waals surface area contributed by atoms with Gasteiger partial charge in [0, 0.05) is 12.4 Å². The summed E-state index contributed by atoms with van der Waals surface area (Å²) in [6.45, 7) is 1.94. The number of rotatable bonds is 4. The van der Waals surface area contributed by atoms with Gasteiger partial charge < -0.3 is 5.32 Å². The molecule has 0 radical (unpaired) electrons. The van der Waals surface area contributed by atoms with Gasteiger partial charge in [-0.25, -0.2) is 4.68 Å². The van der Waals surface area contributed by atoms with Gasteiger partial charge in [0.15, 0.2) is 0 Å². The molecule has 4 nitrogen and oxygen atoms in total. The number of hydrogen-bond donors (Lipinski definition) is 1. The molecule has 1 aromatic heterocycles. The highest BCUT2D eigenvalue weighted by Gasteiger charge is 2.56. The van der Waals surface area contributed by atoms with Gasteiger partial charge in [-0.1, -0.05) is 12.1 Å². The van der Waals surface area contributed by atoms with Gasteiger partial charge in [0.1, 0.15) is 4.33 Å². The zero-order valence-electron chi connectivity index (χ0n) is 11.5. The number of benzene rings is 1. The molecule has 0 spiro atoms. The SMILES string of the molecule is C[C@@H](NC(=O)[C@@H]1CC1(Cl)Cl)c1cccc(-n2cccn2)c1. The Kier molecular flexibility index (Phi) is 3.68. The first kappa shape index (κ1) is 14.4. The largest absolute Gasteiger partial charge is 0.349 e. The summed E-state index contributed by atoms with van der Waals surface area (Å²) < 4.78 is 0.891. The highest BCUT2D eigenvalue weighted by atomic mass is 35.5. The van der Waals surface area contributed by atoms with Crippen LogP contribution in [-0.2, 0) is 4.79 Å². The van der Waals surface area contributed by atoms with Gasteiger partial charge in [0.25, 0.3) is 0 Å². The van der Waals surface area contributed by atoms with Crippen LogP contribution in [0.1, 0.15) is 24.9 Å². The lowest BCUT2D eigenvalue weighted by Gasteiger charge is -2.15. The minimum Gasteiger partial charge on any atom is -0.349 e. The molecule has 3 rings (SSSR count). The number of carbonyl (C=O) groups is 1. The predicted molar refractivity (Wildman–Crippen MR) is 82.7 cm³/mol. The molecule has 1 amide bonds. The standard InChI is InChI=1S/C15H15Cl2N3O/c1-10(19-14(21)13-9-15(13,16)17)11-4-2-5-12(8-11)20-7-3-6-18-20/h2-8,10,13H,9H2,1H3,(H,19,21)/t10-,13+/m1/s1. The molecule has 1 aromatic carbocycles. The quantitative estimate of drug-likeness (QED) is 0.878. The van der Waals surface area contributed by atoms with Crippen LogP contribution in [0.25, 0.3) is 5.69 Å². The highest BCUT2D eigenvalue weighted by Crippen LogP contribution is 2.53. The second kappa shape index (κ2) is 5.35. The lowest BCUT2D eigenvalue weighted by Crippen LogP contribution is -2.29. The number of amides is 1. The fourth-order valence-corrected chi connectivity index (χ4v) is 2.76. The van der Waals surface area contributed by atoms with Gasteiger partial charge in [-0.15, -0.1) is 23.2 Å². The van der Waals surface area contributed by atoms with E-state index in [9.17, 15) is 4.79 Å². The Morgan fingerprint density at radius 3 is 2.86 bits per heavy atom. The van der Waals surface area contributed by atoms with E-state index in [1.807, 2.05) is 43.5 Å². The van der Waals surface area contributed by atoms with Crippen molar-refractivity contribution in [3.8, 4) is 5.69 Å². The summed E-state index contributed by atoms with van der Waals surface area (Å²) in [5, 5.41) is 7.15. The van der Waals surface area contributed by atoms with Crippen molar-refractivity contribution in [2.75, 3.05) is 0 Å². The Balaban J connectivity index is 1.72. The Hall–Kier alpha value is -1.52. The number of aromatic nitrogens is 2. The minimum absolute atomic E-state index is 0.100. The van der Waals surface area contributed by atoms with Crippen LogP contribution >= 0.6 is 23.2 Å². The third kappa shape index (κ3) is 3.06. The molecule has 0 saturated heterocycles. The van der Waals surface area contributed by atoms with Crippen molar-refractivity contribution in [3.63, 3.8) is 0 Å². The topological polar surface area (TPSA) is 46.9 Å². The fourth-order valence-electron chi connectivity index (χ4n) is 2.25. The molecule has 1 heterocycles. The lowest BCUT2D eigenvalue weighted by atomic mass is 10.1. The summed E-state index contributed by atoms with van der Waals surface area (Å²) >= 11 is 11.8. The molecule has 21 heavy (non-hydrogen) atoms. The molecule has 0 unspecified atom stereocenters. The van der Waals surface area contributed by atoms with Crippen molar-refractivity contribution in [2.24, 2.45) is 5.92 Å². The van der Waals surface area contributed by atoms with E-state index in [1.54, 1.807) is 10.9 Å². The molecule has 1 aliphatic rings. The van der Waals surface area contributed by atoms with Gasteiger partial charge >= 0.3 is 0 Å². The first-order valence-electron chi connectivity index (χ1n) is 6.75. The summed E-state index contributed by atoms with van der Waals surface area (Å²) in [6, 6.07) is 9.64. The molecule has 0 bridgehead atoms. The van der Waals surface area contributed by atoms with E-state index in [2.05, 4.69) is 10.4 Å². The number of nitrogens with one attached hydrogen (secondary N) is 1. The van der Waals surface area contributed by atoms with Crippen molar-refractivity contribution < 1.29 is 4.79 Å². The summed E-state index contributed by atoms with van der Waals surface area (Å²) in [6.07, 6.45) is 4.12. The van der Waals surface area contributed by atoms with E-state index in [0.717, 1.165) is 11.3 Å². The van der Waals surface area contributed by atoms with Gasteiger partial charge in [-0.2, -0.15) is 5.10 Å². The van der Waals surface area contributed by atoms with Crippen molar-refractivity contribution >= 4 is 29.1 Å². The van der Waals surface area contributed by atoms with E-state index in [-0.39, 0.29) is 17.9 Å². The Bertz CT molecular complexity index is 655. The maximum atomic E-state index is 12.0. The smallest absolute Gasteiger partial charge is 0.226 e. The number of nitrogens with zero attached hydrogens (tertiary/aromatic N) is 2. The summed E-state index contributed by atoms with van der Waals surface area (Å²) in [4.78, 5) is 12.0. The van der Waals surface area contributed by atoms with Crippen LogP contribution in [0.5, 0.6) is 0 Å². The maximum Gasteiger partial charge on any atom is 0.226 e. The van der Waals surface area contributed by atoms with Crippen LogP contribution in [0.3, 0.4) is 0 Å². The van der Waals surface area contributed by atoms with Gasteiger partial charge in [0.2, 0.25) is 5.91 Å². The molecule has 6 heteroatoms. The minimum atomic E-state index is -0.888. The number of halogens is 2. The van der Waals surface area contributed by atoms with Gasteiger partial charge in [-0.05, 0) is 37.1 Å². The first-order valence-corrected chi connectivity index (χ1v) is 7.51. The molecule has 2 atom stereocenters. The molecule has 1 N–H and O–H groups in total. The monoisotopic (exact) mass is 323 g/mol. The van der Waals surface area contributed by atoms with E-state index in [1.165, 1.54) is 0 Å². The van der Waals surface area contributed by atoms with E-state index in [0.29, 0.717) is 6.42 Å². The second-order valence-corrected chi connectivity index (χ2v) is 6.84. The van der Waals surface area contributed by atoms with Crippen molar-refractivity contribution in [3.05, 3.63) is 48.3 Å². The molecular weight excluding hydrogens is 309 g/mol. The molecule has 0 aliphatic heterocycles. The van der Waals surface area contributed by atoms with E-state index >= 15 is 0 Å². The van der Waals surface area contributed by atoms with E-state index < -0.39 is 4.33 Å². The highest BCUT2D eigenvalue weighted by molar-refractivity contribution is 6.52. The van der Waals surface area contributed by atoms with Crippen LogP contribution in [0.4, 0.5) is 0 Å². The van der Waals surface area contributed by atoms with Crippen molar-refractivity contribution in [1.82, 2.24) is 15.1 Å². The van der Waals surface area contributed by atoms with Crippen molar-refractivity contribution in [2.45, 2.75) is 23.7 Å². The Morgan fingerprint density at radius 2 is 2.24 bits per heavy atom. The molecule has 1 fully saturated rings. The Labute approximate surface area is 133 Å². The van der Waals surface area contributed by atoms with Crippen LogP contribution in [0, 0.1) is 5.92 Å². The number of alkyl halides is 2. The van der Waals surface area contributed by atoms with Gasteiger partial charge in [-0.3, -0.25) is 4.79 Å². The average Bonchev–Trinajstić information content (AvgIpc) is 2.90. The molecular formula is C15H15Cl2N3O. The predicted octanol–water partition coefficient (Wildman–Crippen LogP) is 3.24. The normalized spacial score (nSPS) is 20.8. The van der Waals surface area contributed by atoms with Crippen molar-refractivity contribution in [1.29, 1.82) is 0 Å². The molecule has 1 saturated carbocycles. The molecule has 2 aromatic rings. The maximum absolute atomic E-state index is 12.0. The third-order valence-electron chi connectivity index (χ3n) is 3.64. The van der Waals surface area contributed by atoms with Gasteiger partial charge in [0.05, 0.1) is 17.6 Å². The first-order chi connectivity index (χ1) is 9.97. The Morgan fingerprint density at radius 1 is 1.48 bits per heavy atom. The summed E-state index contributed by atoms with van der Waals surface area (Å²) in [5.41, 5.74) is 1.96.